The first-order valence-corrected chi connectivity index (χ1v) is 8.54. The van der Waals surface area contributed by atoms with Crippen molar-refractivity contribution < 1.29 is 9.59 Å². The summed E-state index contributed by atoms with van der Waals surface area (Å²) < 4.78 is 0. The lowest BCUT2D eigenvalue weighted by Gasteiger charge is -2.35. The van der Waals surface area contributed by atoms with Crippen LogP contribution in [0.1, 0.15) is 53.4 Å². The third kappa shape index (κ3) is 4.87. The Morgan fingerprint density at radius 2 is 1.76 bits per heavy atom. The van der Waals surface area contributed by atoms with E-state index in [2.05, 4.69) is 19.2 Å². The highest BCUT2D eigenvalue weighted by Gasteiger charge is 2.31. The normalized spacial score (nSPS) is 17.1. The van der Waals surface area contributed by atoms with Gasteiger partial charge >= 0.3 is 0 Å². The molecule has 0 radical (unpaired) electrons. The molecule has 21 heavy (non-hydrogen) atoms. The van der Waals surface area contributed by atoms with Gasteiger partial charge in [-0.15, -0.1) is 11.6 Å². The van der Waals surface area contributed by atoms with E-state index in [1.54, 1.807) is 0 Å². The Hall–Kier alpha value is -0.770. The number of nitrogens with one attached hydrogen (secondary N) is 1. The van der Waals surface area contributed by atoms with Gasteiger partial charge in [0.15, 0.2) is 0 Å². The molecule has 122 valence electrons. The lowest BCUT2D eigenvalue weighted by molar-refractivity contribution is -0.137. The number of rotatable bonds is 6. The van der Waals surface area contributed by atoms with Gasteiger partial charge in [0.1, 0.15) is 0 Å². The van der Waals surface area contributed by atoms with Gasteiger partial charge < -0.3 is 10.2 Å². The van der Waals surface area contributed by atoms with Crippen LogP contribution < -0.4 is 5.32 Å². The third-order valence-electron chi connectivity index (χ3n) is 4.43. The molecule has 0 aromatic heterocycles. The SMILES string of the molecule is CCC(CC)C(=O)N1CCC(NC(=O)C(C)(C)CCl)CC1. The second-order valence-corrected chi connectivity index (χ2v) is 6.87. The summed E-state index contributed by atoms with van der Waals surface area (Å²) in [4.78, 5) is 26.4. The molecular formula is C16H29ClN2O2. The zero-order valence-corrected chi connectivity index (χ0v) is 14.5. The molecule has 1 N–H and O–H groups in total. The number of amides is 2. The van der Waals surface area contributed by atoms with E-state index in [9.17, 15) is 9.59 Å². The van der Waals surface area contributed by atoms with Crippen LogP contribution in [0.3, 0.4) is 0 Å². The fraction of sp³-hybridized carbons (Fsp3) is 0.875. The number of hydrogen-bond donors (Lipinski definition) is 1. The van der Waals surface area contributed by atoms with Crippen LogP contribution in [-0.4, -0.2) is 41.7 Å². The molecule has 0 atom stereocenters. The summed E-state index contributed by atoms with van der Waals surface area (Å²) >= 11 is 5.82. The molecule has 1 aliphatic rings. The Labute approximate surface area is 133 Å². The maximum Gasteiger partial charge on any atom is 0.227 e. The van der Waals surface area contributed by atoms with Crippen LogP contribution in [0.4, 0.5) is 0 Å². The molecule has 0 saturated carbocycles. The van der Waals surface area contributed by atoms with Crippen LogP contribution >= 0.6 is 11.6 Å². The van der Waals surface area contributed by atoms with E-state index >= 15 is 0 Å². The van der Waals surface area contributed by atoms with Gasteiger partial charge in [-0.25, -0.2) is 0 Å². The van der Waals surface area contributed by atoms with Gasteiger partial charge in [0.2, 0.25) is 11.8 Å². The fourth-order valence-corrected chi connectivity index (χ4v) is 2.70. The third-order valence-corrected chi connectivity index (χ3v) is 5.09. The molecule has 5 heteroatoms. The first-order valence-electron chi connectivity index (χ1n) is 8.01. The summed E-state index contributed by atoms with van der Waals surface area (Å²) in [6, 6.07) is 0.158. The van der Waals surface area contributed by atoms with Crippen LogP contribution in [0.15, 0.2) is 0 Å². The molecule has 0 aliphatic carbocycles. The summed E-state index contributed by atoms with van der Waals surface area (Å²) in [5, 5.41) is 3.07. The van der Waals surface area contributed by atoms with E-state index in [1.165, 1.54) is 0 Å². The Bertz CT molecular complexity index is 359. The van der Waals surface area contributed by atoms with Crippen molar-refractivity contribution in [3.05, 3.63) is 0 Å². The van der Waals surface area contributed by atoms with Crippen molar-refractivity contribution >= 4 is 23.4 Å². The van der Waals surface area contributed by atoms with Crippen molar-refractivity contribution in [1.82, 2.24) is 10.2 Å². The number of piperidine rings is 1. The van der Waals surface area contributed by atoms with Crippen molar-refractivity contribution in [2.75, 3.05) is 19.0 Å². The fourth-order valence-electron chi connectivity index (χ4n) is 2.58. The number of halogens is 1. The molecule has 1 rings (SSSR count). The first kappa shape index (κ1) is 18.3. The monoisotopic (exact) mass is 316 g/mol. The van der Waals surface area contributed by atoms with E-state index in [4.69, 9.17) is 11.6 Å². The number of carbonyl (C=O) groups is 2. The van der Waals surface area contributed by atoms with E-state index in [-0.39, 0.29) is 23.8 Å². The zero-order chi connectivity index (χ0) is 16.0. The molecule has 0 unspecified atom stereocenters. The van der Waals surface area contributed by atoms with Crippen LogP contribution in [-0.2, 0) is 9.59 Å². The lowest BCUT2D eigenvalue weighted by atomic mass is 9.93. The van der Waals surface area contributed by atoms with Gasteiger partial charge in [0.05, 0.1) is 5.41 Å². The molecule has 0 aromatic rings. The maximum atomic E-state index is 12.3. The van der Waals surface area contributed by atoms with Crippen LogP contribution in [0.25, 0.3) is 0 Å². The molecule has 1 heterocycles. The van der Waals surface area contributed by atoms with Crippen molar-refractivity contribution in [3.63, 3.8) is 0 Å². The van der Waals surface area contributed by atoms with Gasteiger partial charge in [-0.1, -0.05) is 13.8 Å². The minimum atomic E-state index is -0.538. The van der Waals surface area contributed by atoms with E-state index < -0.39 is 5.41 Å². The minimum absolute atomic E-state index is 0.00210. The molecular weight excluding hydrogens is 288 g/mol. The number of carbonyl (C=O) groups excluding carboxylic acids is 2. The summed E-state index contributed by atoms with van der Waals surface area (Å²) in [5.74, 6) is 0.727. The van der Waals surface area contributed by atoms with Crippen molar-refractivity contribution in [3.8, 4) is 0 Å². The second kappa shape index (κ2) is 8.02. The van der Waals surface area contributed by atoms with E-state index in [1.807, 2.05) is 18.7 Å². The number of nitrogens with zero attached hydrogens (tertiary/aromatic N) is 1. The van der Waals surface area contributed by atoms with Crippen LogP contribution in [0, 0.1) is 11.3 Å². The lowest BCUT2D eigenvalue weighted by Crippen LogP contribution is -2.50. The molecule has 1 fully saturated rings. The van der Waals surface area contributed by atoms with Gasteiger partial charge in [-0.2, -0.15) is 0 Å². The maximum absolute atomic E-state index is 12.3. The summed E-state index contributed by atoms with van der Waals surface area (Å²) in [5.41, 5.74) is -0.538. The van der Waals surface area contributed by atoms with Crippen LogP contribution in [0.2, 0.25) is 0 Å². The van der Waals surface area contributed by atoms with Crippen LogP contribution in [0.5, 0.6) is 0 Å². The average Bonchev–Trinajstić information content (AvgIpc) is 2.49. The largest absolute Gasteiger partial charge is 0.353 e. The predicted molar refractivity (Wildman–Crippen MR) is 86.3 cm³/mol. The van der Waals surface area contributed by atoms with Gasteiger partial charge in [-0.05, 0) is 39.5 Å². The van der Waals surface area contributed by atoms with Gasteiger partial charge in [0.25, 0.3) is 0 Å². The number of hydrogen-bond acceptors (Lipinski definition) is 2. The zero-order valence-electron chi connectivity index (χ0n) is 13.7. The minimum Gasteiger partial charge on any atom is -0.353 e. The van der Waals surface area contributed by atoms with Gasteiger partial charge in [0, 0.05) is 30.9 Å². The standard InChI is InChI=1S/C16H29ClN2O2/c1-5-12(6-2)14(20)19-9-7-13(8-10-19)18-15(21)16(3,4)11-17/h12-13H,5-11H2,1-4H3,(H,18,21). The first-order chi connectivity index (χ1) is 9.85. The average molecular weight is 317 g/mol. The molecule has 0 aromatic carbocycles. The second-order valence-electron chi connectivity index (χ2n) is 6.60. The Balaban J connectivity index is 2.46. The highest BCUT2D eigenvalue weighted by molar-refractivity contribution is 6.19. The predicted octanol–water partition coefficient (Wildman–Crippen LogP) is 2.79. The highest BCUT2D eigenvalue weighted by Crippen LogP contribution is 2.20. The molecule has 1 aliphatic heterocycles. The Kier molecular flexibility index (Phi) is 6.98. The Morgan fingerprint density at radius 3 is 2.19 bits per heavy atom. The summed E-state index contributed by atoms with van der Waals surface area (Å²) in [7, 11) is 0. The molecule has 2 amide bonds. The molecule has 1 saturated heterocycles. The van der Waals surface area contributed by atoms with E-state index in [0.29, 0.717) is 5.88 Å². The molecule has 0 spiro atoms. The molecule has 4 nitrogen and oxygen atoms in total. The van der Waals surface area contributed by atoms with Crippen molar-refractivity contribution in [1.29, 1.82) is 0 Å². The van der Waals surface area contributed by atoms with Gasteiger partial charge in [-0.3, -0.25) is 9.59 Å². The topological polar surface area (TPSA) is 49.4 Å². The van der Waals surface area contributed by atoms with E-state index in [0.717, 1.165) is 38.8 Å². The summed E-state index contributed by atoms with van der Waals surface area (Å²) in [6.07, 6.45) is 3.46. The smallest absolute Gasteiger partial charge is 0.227 e. The highest BCUT2D eigenvalue weighted by atomic mass is 35.5. The summed E-state index contributed by atoms with van der Waals surface area (Å²) in [6.45, 7) is 9.30. The number of alkyl halides is 1. The number of likely N-dealkylation sites (tertiary alicyclic amines) is 1. The quantitative estimate of drug-likeness (QED) is 0.766. The molecule has 0 bridgehead atoms. The Morgan fingerprint density at radius 1 is 1.24 bits per heavy atom. The van der Waals surface area contributed by atoms with Crippen molar-refractivity contribution in [2.24, 2.45) is 11.3 Å². The van der Waals surface area contributed by atoms with Crippen molar-refractivity contribution in [2.45, 2.75) is 59.4 Å².